The number of carbonyl (C=O) groups excluding carboxylic acids is 5. The van der Waals surface area contributed by atoms with Gasteiger partial charge in [0.15, 0.2) is 23.2 Å². The van der Waals surface area contributed by atoms with Gasteiger partial charge in [0.25, 0.3) is 0 Å². The summed E-state index contributed by atoms with van der Waals surface area (Å²) in [5.74, 6) is -3.72. The third-order valence-corrected chi connectivity index (χ3v) is 12.3. The number of hydrogen-bond donors (Lipinski definition) is 5. The van der Waals surface area contributed by atoms with Crippen LogP contribution in [0.5, 0.6) is 11.5 Å². The number of ether oxygens (including phenoxy) is 1. The lowest BCUT2D eigenvalue weighted by atomic mass is 9.86. The molecule has 4 aromatic rings. The number of amides is 2. The maximum Gasteiger partial charge on any atom is 0.226 e. The van der Waals surface area contributed by atoms with E-state index in [-0.39, 0.29) is 107 Å². The smallest absolute Gasteiger partial charge is 0.226 e. The fourth-order valence-electron chi connectivity index (χ4n) is 8.32. The Kier molecular flexibility index (Phi) is 18.9. The molecule has 1 aliphatic rings. The minimum Gasteiger partial charge on any atom is -0.507 e. The number of hydrogen-bond acceptors (Lipinski definition) is 13. The molecule has 0 saturated heterocycles. The number of aromatic nitrogens is 2. The van der Waals surface area contributed by atoms with Crippen LogP contribution in [0.15, 0.2) is 60.7 Å². The molecule has 0 saturated carbocycles. The van der Waals surface area contributed by atoms with Crippen LogP contribution in [0.3, 0.4) is 0 Å². The average Bonchev–Trinajstić information content (AvgIpc) is 3.27. The SMILES string of the molecule is Cc1nc(-c2ccc(C(C)(C)C)cc2)nc(C)c1C(=O)C[C@@H](CCN)C(=O)N(C)[C@@H]1C(=O)C[C@@H](C)C(=O)N[C@H](C(=O)CCC#N)Cc2ccc(O)c(c2)-c2cc1ccc2OCC(CN)CN.S. The summed E-state index contributed by atoms with van der Waals surface area (Å²) in [5.41, 5.74) is 22.7. The predicted octanol–water partition coefficient (Wildman–Crippen LogP) is 5.70. The Hall–Kier alpha value is -5.99. The molecule has 1 aromatic heterocycles. The van der Waals surface area contributed by atoms with Crippen LogP contribution in [-0.2, 0) is 31.0 Å². The highest BCUT2D eigenvalue weighted by Gasteiger charge is 2.36. The quantitative estimate of drug-likeness (QED) is 0.0846. The second-order valence-corrected chi connectivity index (χ2v) is 18.4. The van der Waals surface area contributed by atoms with Gasteiger partial charge >= 0.3 is 0 Å². The number of benzene rings is 3. The lowest BCUT2D eigenvalue weighted by molar-refractivity contribution is -0.142. The van der Waals surface area contributed by atoms with E-state index in [1.807, 2.05) is 30.3 Å². The number of nitriles is 1. The first kappa shape index (κ1) is 53.6. The first-order valence-electron chi connectivity index (χ1n) is 22.5. The van der Waals surface area contributed by atoms with Gasteiger partial charge in [-0.3, -0.25) is 24.0 Å². The van der Waals surface area contributed by atoms with E-state index in [0.717, 1.165) is 11.1 Å². The molecule has 0 aliphatic carbocycles. The van der Waals surface area contributed by atoms with Gasteiger partial charge in [0.05, 0.1) is 35.7 Å². The number of nitrogens with one attached hydrogen (secondary N) is 1. The van der Waals surface area contributed by atoms with E-state index in [1.54, 1.807) is 51.1 Å². The highest BCUT2D eigenvalue weighted by Crippen LogP contribution is 2.40. The summed E-state index contributed by atoms with van der Waals surface area (Å²) >= 11 is 0. The predicted molar refractivity (Wildman–Crippen MR) is 263 cm³/mol. The average molecular weight is 935 g/mol. The van der Waals surface area contributed by atoms with Gasteiger partial charge in [-0.25, -0.2) is 9.97 Å². The third kappa shape index (κ3) is 13.1. The zero-order valence-corrected chi connectivity index (χ0v) is 40.6. The Morgan fingerprint density at radius 1 is 0.955 bits per heavy atom. The first-order valence-corrected chi connectivity index (χ1v) is 22.5. The summed E-state index contributed by atoms with van der Waals surface area (Å²) in [6, 6.07) is 17.4. The van der Waals surface area contributed by atoms with Crippen molar-refractivity contribution in [1.29, 1.82) is 5.26 Å². The number of nitrogens with zero attached hydrogens (tertiary/aromatic N) is 4. The molecule has 15 nitrogen and oxygen atoms in total. The Labute approximate surface area is 400 Å². The van der Waals surface area contributed by atoms with Crippen molar-refractivity contribution in [2.24, 2.45) is 35.0 Å². The van der Waals surface area contributed by atoms with Crippen molar-refractivity contribution >= 4 is 42.7 Å². The number of aryl methyl sites for hydroxylation is 2. The van der Waals surface area contributed by atoms with E-state index >= 15 is 0 Å². The molecule has 0 unspecified atom stereocenters. The van der Waals surface area contributed by atoms with Gasteiger partial charge in [0.2, 0.25) is 11.8 Å². The van der Waals surface area contributed by atoms with Crippen molar-refractivity contribution in [2.45, 2.75) is 97.6 Å². The van der Waals surface area contributed by atoms with Gasteiger partial charge in [-0.2, -0.15) is 18.8 Å². The van der Waals surface area contributed by atoms with Crippen LogP contribution in [0.1, 0.15) is 104 Å². The van der Waals surface area contributed by atoms with Crippen molar-refractivity contribution in [2.75, 3.05) is 33.3 Å². The minimum absolute atomic E-state index is 0. The van der Waals surface area contributed by atoms with Crippen LogP contribution < -0.4 is 27.3 Å². The van der Waals surface area contributed by atoms with Gasteiger partial charge in [-0.1, -0.05) is 64.1 Å². The van der Waals surface area contributed by atoms with E-state index < -0.39 is 41.5 Å². The van der Waals surface area contributed by atoms with Gasteiger partial charge < -0.3 is 37.3 Å². The lowest BCUT2D eigenvalue weighted by Crippen LogP contribution is -2.46. The summed E-state index contributed by atoms with van der Waals surface area (Å²) in [4.78, 5) is 81.6. The van der Waals surface area contributed by atoms with Crippen LogP contribution in [0, 0.1) is 42.9 Å². The molecular weight excluding hydrogens is 869 g/mol. The van der Waals surface area contributed by atoms with Crippen molar-refractivity contribution < 1.29 is 33.8 Å². The number of ketones is 3. The zero-order valence-electron chi connectivity index (χ0n) is 39.6. The molecular formula is C51H66N8O7S. The molecule has 2 heterocycles. The number of Topliss-reactive ketones (excluding diaryl/α,β-unsaturated/α-hetero) is 3. The standard InChI is InChI=1S/C51H64N8O7.H2S/c1-29-21-44(63)47(59(7)50(65)36(18-20-53)25-43(62)46-30(2)56-48(57-31(46)3)34-11-14-37(15-12-34)51(4,5)6)35-13-17-45(66-28-33(26-54)27-55)39(24-35)38-22-32(10-16-41(38)60)23-40(58-49(29)64)42(61)9-8-19-52;/h10-17,22,24,29,33,36,40,47,60H,8-9,18,20-21,23,25-28,53-55H2,1-7H3,(H,58,64);1H2/t29-,36-,40+,47+;/m1./s1. The van der Waals surface area contributed by atoms with Gasteiger partial charge in [0, 0.05) is 67.2 Å². The van der Waals surface area contributed by atoms with Crippen LogP contribution >= 0.6 is 13.5 Å². The molecule has 67 heavy (non-hydrogen) atoms. The van der Waals surface area contributed by atoms with Gasteiger partial charge in [-0.05, 0) is 92.7 Å². The maximum absolute atomic E-state index is 14.8. The second kappa shape index (κ2) is 23.6. The van der Waals surface area contributed by atoms with Crippen molar-refractivity contribution in [3.05, 3.63) is 94.3 Å². The molecule has 0 fully saturated rings. The Morgan fingerprint density at radius 2 is 1.61 bits per heavy atom. The number of fused-ring (bicyclic) bond motifs is 5. The molecule has 4 bridgehead atoms. The fourth-order valence-corrected chi connectivity index (χ4v) is 8.32. The Balaban J connectivity index is 0.00000980. The van der Waals surface area contributed by atoms with E-state index in [9.17, 15) is 34.3 Å². The number of nitrogens with two attached hydrogens (primary N) is 3. The molecule has 358 valence electrons. The summed E-state index contributed by atoms with van der Waals surface area (Å²) in [7, 11) is 1.48. The van der Waals surface area contributed by atoms with Gasteiger partial charge in [-0.15, -0.1) is 0 Å². The van der Waals surface area contributed by atoms with Crippen LogP contribution in [0.4, 0.5) is 0 Å². The summed E-state index contributed by atoms with van der Waals surface area (Å²) in [6.07, 6.45) is -0.555. The van der Waals surface area contributed by atoms with Crippen molar-refractivity contribution in [1.82, 2.24) is 20.2 Å². The molecule has 8 N–H and O–H groups in total. The Bertz CT molecular complexity index is 2460. The number of rotatable bonds is 16. The Morgan fingerprint density at radius 3 is 2.21 bits per heavy atom. The number of aromatic hydroxyl groups is 1. The summed E-state index contributed by atoms with van der Waals surface area (Å²) in [5, 5.41) is 23.4. The van der Waals surface area contributed by atoms with Gasteiger partial charge in [0.1, 0.15) is 17.5 Å². The van der Waals surface area contributed by atoms with Crippen LogP contribution in [0.25, 0.3) is 22.5 Å². The third-order valence-electron chi connectivity index (χ3n) is 12.3. The van der Waals surface area contributed by atoms with Crippen molar-refractivity contribution in [3.8, 4) is 40.1 Å². The largest absolute Gasteiger partial charge is 0.507 e. The first-order chi connectivity index (χ1) is 31.3. The molecule has 0 radical (unpaired) electrons. The monoisotopic (exact) mass is 934 g/mol. The van der Waals surface area contributed by atoms with E-state index in [2.05, 4.69) is 26.1 Å². The number of phenolic OH excluding ortho intramolecular Hbond substituents is 1. The number of phenols is 1. The van der Waals surface area contributed by atoms with E-state index in [1.165, 1.54) is 18.0 Å². The topological polar surface area (TPSA) is 258 Å². The van der Waals surface area contributed by atoms with E-state index in [0.29, 0.717) is 50.8 Å². The maximum atomic E-state index is 14.8. The second-order valence-electron chi connectivity index (χ2n) is 18.4. The molecule has 3 aromatic carbocycles. The fraction of sp³-hybridized carbons (Fsp3) is 0.451. The van der Waals surface area contributed by atoms with E-state index in [4.69, 9.17) is 31.9 Å². The summed E-state index contributed by atoms with van der Waals surface area (Å²) in [6.45, 7) is 12.2. The normalized spacial score (nSPS) is 16.8. The highest BCUT2D eigenvalue weighted by molar-refractivity contribution is 7.59. The summed E-state index contributed by atoms with van der Waals surface area (Å²) < 4.78 is 6.27. The molecule has 1 aliphatic heterocycles. The highest BCUT2D eigenvalue weighted by atomic mass is 32.1. The van der Waals surface area contributed by atoms with Crippen LogP contribution in [0.2, 0.25) is 0 Å². The zero-order chi connectivity index (χ0) is 48.5. The number of carbonyl (C=O) groups is 5. The molecule has 5 rings (SSSR count). The molecule has 2 amide bonds. The molecule has 0 spiro atoms. The molecule has 16 heteroatoms. The number of likely N-dealkylation sites (N-methyl/N-ethyl adjacent to an activating group) is 1. The minimum atomic E-state index is -1.28. The van der Waals surface area contributed by atoms with Crippen LogP contribution in [-0.4, -0.2) is 88.5 Å². The molecule has 4 atom stereocenters. The van der Waals surface area contributed by atoms with Crippen molar-refractivity contribution in [3.63, 3.8) is 0 Å². The lowest BCUT2D eigenvalue weighted by Gasteiger charge is -2.32.